The molecule has 4 heterocycles. The van der Waals surface area contributed by atoms with Crippen molar-refractivity contribution in [2.24, 2.45) is 11.8 Å². The van der Waals surface area contributed by atoms with E-state index in [1.165, 1.54) is 6.39 Å². The Morgan fingerprint density at radius 2 is 2.24 bits per heavy atom. The normalized spacial score (nSPS) is 19.0. The number of carbonyl (C=O) groups is 1. The molecule has 0 spiro atoms. The van der Waals surface area contributed by atoms with Crippen LogP contribution in [-0.2, 0) is 4.79 Å². The van der Waals surface area contributed by atoms with E-state index in [0.29, 0.717) is 18.0 Å². The fraction of sp³-hybridized carbons (Fsp3) is 0.250. The van der Waals surface area contributed by atoms with E-state index in [-0.39, 0.29) is 17.7 Å². The second kappa shape index (κ2) is 7.01. The van der Waals surface area contributed by atoms with Crippen LogP contribution in [0.3, 0.4) is 0 Å². The molecule has 0 saturated carbocycles. The predicted molar refractivity (Wildman–Crippen MR) is 106 cm³/mol. The molecule has 146 valence electrons. The highest BCUT2D eigenvalue weighted by atomic mass is 16.3. The first kappa shape index (κ1) is 17.4. The van der Waals surface area contributed by atoms with E-state index in [1.807, 2.05) is 34.9 Å². The molecule has 1 saturated heterocycles. The lowest BCUT2D eigenvalue weighted by Gasteiger charge is -2.17. The number of carbonyl (C=O) groups excluding carboxylic acids is 1. The first-order valence-electron chi connectivity index (χ1n) is 9.38. The first-order chi connectivity index (χ1) is 14.2. The average molecular weight is 389 g/mol. The number of oxazole rings is 1. The highest BCUT2D eigenvalue weighted by Gasteiger charge is 2.36. The van der Waals surface area contributed by atoms with Gasteiger partial charge in [0, 0.05) is 36.7 Å². The summed E-state index contributed by atoms with van der Waals surface area (Å²) in [6.07, 6.45) is 8.21. The van der Waals surface area contributed by atoms with E-state index in [4.69, 9.17) is 4.42 Å². The quantitative estimate of drug-likeness (QED) is 0.572. The molecule has 0 radical (unpaired) electrons. The topological polar surface area (TPSA) is 101 Å². The summed E-state index contributed by atoms with van der Waals surface area (Å²) >= 11 is 0. The third-order valence-corrected chi connectivity index (χ3v) is 5.29. The zero-order chi connectivity index (χ0) is 19.8. The lowest BCUT2D eigenvalue weighted by molar-refractivity contribution is -0.120. The van der Waals surface area contributed by atoms with Crippen LogP contribution in [0, 0.1) is 11.8 Å². The van der Waals surface area contributed by atoms with E-state index >= 15 is 0 Å². The van der Waals surface area contributed by atoms with Gasteiger partial charge in [-0.3, -0.25) is 9.20 Å². The summed E-state index contributed by atoms with van der Waals surface area (Å²) in [5.74, 6) is 1.42. The molecular formula is C20H19N7O2. The summed E-state index contributed by atoms with van der Waals surface area (Å²) < 4.78 is 7.17. The van der Waals surface area contributed by atoms with Crippen LogP contribution in [0.15, 0.2) is 60.0 Å². The van der Waals surface area contributed by atoms with Crippen molar-refractivity contribution in [1.29, 1.82) is 0 Å². The standard InChI is InChI=1S/C20H19N7O2/c1-13-9-27(18-19-25-23-11-26(19)6-5-22-18)10-16(13)20(28)24-15-4-2-3-14(7-15)17-8-21-12-29-17/h2-8,11-13,16H,9-10H2,1H3,(H,24,28)/t13-,16-/m1/s1. The van der Waals surface area contributed by atoms with Gasteiger partial charge in [0.05, 0.1) is 12.1 Å². The zero-order valence-corrected chi connectivity index (χ0v) is 15.8. The minimum atomic E-state index is -0.158. The Bertz CT molecular complexity index is 1150. The Balaban J connectivity index is 1.33. The van der Waals surface area contributed by atoms with Crippen LogP contribution in [-0.4, -0.2) is 43.6 Å². The van der Waals surface area contributed by atoms with Crippen molar-refractivity contribution in [2.75, 3.05) is 23.3 Å². The van der Waals surface area contributed by atoms with Gasteiger partial charge in [-0.1, -0.05) is 19.1 Å². The maximum absolute atomic E-state index is 13.0. The zero-order valence-electron chi connectivity index (χ0n) is 15.8. The lowest BCUT2D eigenvalue weighted by atomic mass is 9.97. The summed E-state index contributed by atoms with van der Waals surface area (Å²) in [6, 6.07) is 7.55. The van der Waals surface area contributed by atoms with Crippen molar-refractivity contribution in [3.63, 3.8) is 0 Å². The molecule has 1 amide bonds. The smallest absolute Gasteiger partial charge is 0.229 e. The van der Waals surface area contributed by atoms with Crippen molar-refractivity contribution < 1.29 is 9.21 Å². The van der Waals surface area contributed by atoms with E-state index < -0.39 is 0 Å². The molecular weight excluding hydrogens is 370 g/mol. The summed E-state index contributed by atoms with van der Waals surface area (Å²) in [7, 11) is 0. The lowest BCUT2D eigenvalue weighted by Crippen LogP contribution is -2.29. The molecule has 0 bridgehead atoms. The monoisotopic (exact) mass is 389 g/mol. The fourth-order valence-corrected chi connectivity index (χ4v) is 3.79. The van der Waals surface area contributed by atoms with Crippen molar-refractivity contribution in [2.45, 2.75) is 6.92 Å². The van der Waals surface area contributed by atoms with Crippen molar-refractivity contribution in [1.82, 2.24) is 24.6 Å². The highest BCUT2D eigenvalue weighted by Crippen LogP contribution is 2.30. The Labute approximate surface area is 166 Å². The van der Waals surface area contributed by atoms with Crippen LogP contribution in [0.2, 0.25) is 0 Å². The van der Waals surface area contributed by atoms with Crippen LogP contribution in [0.5, 0.6) is 0 Å². The maximum Gasteiger partial charge on any atom is 0.229 e. The Morgan fingerprint density at radius 1 is 1.31 bits per heavy atom. The summed E-state index contributed by atoms with van der Waals surface area (Å²) in [6.45, 7) is 3.39. The number of amides is 1. The number of hydrogen-bond acceptors (Lipinski definition) is 7. The van der Waals surface area contributed by atoms with Gasteiger partial charge in [-0.2, -0.15) is 0 Å². The third kappa shape index (κ3) is 3.20. The molecule has 9 heteroatoms. The van der Waals surface area contributed by atoms with Gasteiger partial charge in [-0.05, 0) is 18.1 Å². The molecule has 1 aliphatic heterocycles. The molecule has 9 nitrogen and oxygen atoms in total. The van der Waals surface area contributed by atoms with Crippen LogP contribution >= 0.6 is 0 Å². The molecule has 0 aliphatic carbocycles. The number of fused-ring (bicyclic) bond motifs is 1. The largest absolute Gasteiger partial charge is 0.444 e. The number of aromatic nitrogens is 5. The van der Waals surface area contributed by atoms with Gasteiger partial charge in [-0.15, -0.1) is 10.2 Å². The molecule has 0 unspecified atom stereocenters. The van der Waals surface area contributed by atoms with E-state index in [2.05, 4.69) is 37.3 Å². The Hall–Kier alpha value is -3.75. The molecule has 29 heavy (non-hydrogen) atoms. The average Bonchev–Trinajstić information content (AvgIpc) is 3.48. The van der Waals surface area contributed by atoms with Crippen LogP contribution in [0.4, 0.5) is 11.5 Å². The number of anilines is 2. The van der Waals surface area contributed by atoms with Gasteiger partial charge in [0.2, 0.25) is 11.6 Å². The van der Waals surface area contributed by atoms with Crippen molar-refractivity contribution >= 4 is 23.1 Å². The van der Waals surface area contributed by atoms with Crippen molar-refractivity contribution in [3.05, 3.63) is 55.6 Å². The van der Waals surface area contributed by atoms with Gasteiger partial charge in [0.25, 0.3) is 0 Å². The summed E-state index contributed by atoms with van der Waals surface area (Å²) in [4.78, 5) is 23.5. The van der Waals surface area contributed by atoms with E-state index in [0.717, 1.165) is 23.6 Å². The number of nitrogens with one attached hydrogen (secondary N) is 1. The van der Waals surface area contributed by atoms with Crippen molar-refractivity contribution in [3.8, 4) is 11.3 Å². The molecule has 1 aromatic carbocycles. The minimum Gasteiger partial charge on any atom is -0.444 e. The van der Waals surface area contributed by atoms with E-state index in [1.54, 1.807) is 18.7 Å². The van der Waals surface area contributed by atoms with Gasteiger partial charge in [0.15, 0.2) is 18.0 Å². The number of hydrogen-bond donors (Lipinski definition) is 1. The highest BCUT2D eigenvalue weighted by molar-refractivity contribution is 5.94. The van der Waals surface area contributed by atoms with Crippen LogP contribution < -0.4 is 10.2 Å². The summed E-state index contributed by atoms with van der Waals surface area (Å²) in [5, 5.41) is 11.1. The predicted octanol–water partition coefficient (Wildman–Crippen LogP) is 2.49. The van der Waals surface area contributed by atoms with Crippen LogP contribution in [0.1, 0.15) is 6.92 Å². The molecule has 2 atom stereocenters. The third-order valence-electron chi connectivity index (χ3n) is 5.29. The molecule has 4 aromatic rings. The molecule has 3 aromatic heterocycles. The molecule has 1 aliphatic rings. The molecule has 1 N–H and O–H groups in total. The summed E-state index contributed by atoms with van der Waals surface area (Å²) in [5.41, 5.74) is 2.29. The van der Waals surface area contributed by atoms with Gasteiger partial charge in [0.1, 0.15) is 6.33 Å². The van der Waals surface area contributed by atoms with E-state index in [9.17, 15) is 4.79 Å². The molecule has 5 rings (SSSR count). The Kier molecular flexibility index (Phi) is 4.19. The first-order valence-corrected chi connectivity index (χ1v) is 9.38. The second-order valence-electron chi connectivity index (χ2n) is 7.24. The second-order valence-corrected chi connectivity index (χ2v) is 7.24. The van der Waals surface area contributed by atoms with Gasteiger partial charge < -0.3 is 14.6 Å². The maximum atomic E-state index is 13.0. The number of nitrogens with zero attached hydrogens (tertiary/aromatic N) is 6. The number of benzene rings is 1. The fourth-order valence-electron chi connectivity index (χ4n) is 3.79. The minimum absolute atomic E-state index is 0.0110. The van der Waals surface area contributed by atoms with Gasteiger partial charge >= 0.3 is 0 Å². The number of rotatable bonds is 4. The molecule has 1 fully saturated rings. The SMILES string of the molecule is C[C@@H]1CN(c2nccn3cnnc23)C[C@H]1C(=O)Nc1cccc(-c2cnco2)c1. The van der Waals surface area contributed by atoms with Gasteiger partial charge in [-0.25, -0.2) is 9.97 Å². The van der Waals surface area contributed by atoms with Crippen LogP contribution in [0.25, 0.3) is 17.0 Å². The Morgan fingerprint density at radius 3 is 3.10 bits per heavy atom.